The van der Waals surface area contributed by atoms with Crippen molar-refractivity contribution in [2.45, 2.75) is 41.6 Å². The summed E-state index contributed by atoms with van der Waals surface area (Å²) in [6.45, 7) is 0.849. The Labute approximate surface area is 171 Å². The summed E-state index contributed by atoms with van der Waals surface area (Å²) in [7, 11) is -6.54. The maximum Gasteiger partial charge on any atom is 0.222 e. The summed E-state index contributed by atoms with van der Waals surface area (Å²) < 4.78 is 53.2. The van der Waals surface area contributed by atoms with Gasteiger partial charge in [-0.15, -0.1) is 0 Å². The van der Waals surface area contributed by atoms with Crippen molar-refractivity contribution >= 4 is 25.6 Å². The fraction of sp³-hybridized carbons (Fsp3) is 0.450. The van der Waals surface area contributed by atoms with Crippen molar-refractivity contribution in [3.8, 4) is 0 Å². The number of benzene rings is 1. The van der Waals surface area contributed by atoms with Crippen LogP contribution in [0.1, 0.15) is 30.6 Å². The molecular weight excluding hydrogens is 414 g/mol. The second-order valence-corrected chi connectivity index (χ2v) is 11.7. The van der Waals surface area contributed by atoms with Gasteiger partial charge < -0.3 is 9.32 Å². The first kappa shape index (κ1) is 21.6. The Kier molecular flexibility index (Phi) is 6.48. The smallest absolute Gasteiger partial charge is 0.222 e. The zero-order valence-electron chi connectivity index (χ0n) is 16.3. The predicted octanol–water partition coefficient (Wildman–Crippen LogP) is 2.22. The van der Waals surface area contributed by atoms with E-state index < -0.39 is 24.9 Å². The first-order valence-corrected chi connectivity index (χ1v) is 13.1. The zero-order valence-corrected chi connectivity index (χ0v) is 17.9. The molecule has 1 saturated heterocycles. The fourth-order valence-corrected chi connectivity index (χ4v) is 5.84. The Balaban J connectivity index is 1.48. The number of furan rings is 1. The second-order valence-electron chi connectivity index (χ2n) is 7.38. The molecule has 1 aromatic carbocycles. The van der Waals surface area contributed by atoms with Crippen molar-refractivity contribution < 1.29 is 26.0 Å². The van der Waals surface area contributed by atoms with Crippen LogP contribution in [0.4, 0.5) is 0 Å². The van der Waals surface area contributed by atoms with E-state index in [-0.39, 0.29) is 16.6 Å². The van der Waals surface area contributed by atoms with E-state index in [1.165, 1.54) is 6.26 Å². The largest absolute Gasteiger partial charge is 0.468 e. The summed E-state index contributed by atoms with van der Waals surface area (Å²) in [4.78, 5) is 14.4. The molecule has 158 valence electrons. The van der Waals surface area contributed by atoms with Gasteiger partial charge in [0.25, 0.3) is 0 Å². The molecular formula is C20H25NO6S2. The van der Waals surface area contributed by atoms with E-state index in [0.29, 0.717) is 44.5 Å². The van der Waals surface area contributed by atoms with Gasteiger partial charge >= 0.3 is 0 Å². The lowest BCUT2D eigenvalue weighted by atomic mass is 10.1. The number of carbonyl (C=O) groups excluding carboxylic acids is 1. The van der Waals surface area contributed by atoms with Gasteiger partial charge in [-0.1, -0.05) is 12.1 Å². The fourth-order valence-electron chi connectivity index (χ4n) is 3.49. The van der Waals surface area contributed by atoms with Gasteiger partial charge in [0.05, 0.1) is 16.4 Å². The molecule has 0 atom stereocenters. The SMILES string of the molecule is CS(=O)(=O)c1ccc(CCC(=O)N2CCC(S(=O)(=O)Cc3ccco3)CC2)cc1. The van der Waals surface area contributed by atoms with Crippen molar-refractivity contribution in [2.24, 2.45) is 0 Å². The van der Waals surface area contributed by atoms with Crippen LogP contribution in [0.2, 0.25) is 0 Å². The minimum atomic E-state index is -3.31. The molecule has 29 heavy (non-hydrogen) atoms. The molecule has 0 N–H and O–H groups in total. The Morgan fingerprint density at radius 2 is 1.72 bits per heavy atom. The van der Waals surface area contributed by atoms with Crippen molar-refractivity contribution in [1.82, 2.24) is 4.90 Å². The van der Waals surface area contributed by atoms with E-state index >= 15 is 0 Å². The van der Waals surface area contributed by atoms with Gasteiger partial charge in [-0.05, 0) is 49.1 Å². The number of rotatable bonds is 7. The van der Waals surface area contributed by atoms with E-state index in [9.17, 15) is 21.6 Å². The number of likely N-dealkylation sites (tertiary alicyclic amines) is 1. The van der Waals surface area contributed by atoms with Gasteiger partial charge in [0.1, 0.15) is 11.5 Å². The van der Waals surface area contributed by atoms with Crippen molar-refractivity contribution in [3.05, 3.63) is 54.0 Å². The molecule has 1 fully saturated rings. The van der Waals surface area contributed by atoms with Crippen molar-refractivity contribution in [1.29, 1.82) is 0 Å². The van der Waals surface area contributed by atoms with Gasteiger partial charge in [-0.25, -0.2) is 16.8 Å². The second kappa shape index (κ2) is 8.71. The lowest BCUT2D eigenvalue weighted by Gasteiger charge is -2.31. The standard InChI is InChI=1S/C20H25NO6S2/c1-28(23,24)18-7-4-16(5-8-18)6-9-20(22)21-12-10-19(11-13-21)29(25,26)15-17-3-2-14-27-17/h2-5,7-8,14,19H,6,9-13,15H2,1H3. The number of aryl methyl sites for hydroxylation is 1. The topological polar surface area (TPSA) is 102 Å². The molecule has 1 amide bonds. The molecule has 0 bridgehead atoms. The van der Waals surface area contributed by atoms with E-state index in [1.54, 1.807) is 41.3 Å². The Morgan fingerprint density at radius 3 is 2.28 bits per heavy atom. The first-order chi connectivity index (χ1) is 13.6. The van der Waals surface area contributed by atoms with Gasteiger partial charge in [-0.3, -0.25) is 4.79 Å². The molecule has 3 rings (SSSR count). The maximum atomic E-state index is 12.5. The van der Waals surface area contributed by atoms with E-state index in [0.717, 1.165) is 11.8 Å². The maximum absolute atomic E-state index is 12.5. The molecule has 0 spiro atoms. The Bertz CT molecular complexity index is 1030. The number of sulfone groups is 2. The molecule has 7 nitrogen and oxygen atoms in total. The summed E-state index contributed by atoms with van der Waals surface area (Å²) in [5.74, 6) is 0.312. The first-order valence-electron chi connectivity index (χ1n) is 9.46. The average molecular weight is 440 g/mol. The summed E-state index contributed by atoms with van der Waals surface area (Å²) in [6, 6.07) is 9.85. The zero-order chi connectivity index (χ0) is 21.1. The normalized spacial score (nSPS) is 16.1. The molecule has 9 heteroatoms. The average Bonchev–Trinajstić information content (AvgIpc) is 3.18. The van der Waals surface area contributed by atoms with Crippen LogP contribution in [-0.4, -0.2) is 52.2 Å². The highest BCUT2D eigenvalue weighted by molar-refractivity contribution is 7.91. The van der Waals surface area contributed by atoms with Crippen LogP contribution in [0.25, 0.3) is 0 Å². The van der Waals surface area contributed by atoms with Crippen LogP contribution in [0.5, 0.6) is 0 Å². The van der Waals surface area contributed by atoms with Crippen LogP contribution in [0, 0.1) is 0 Å². The third-order valence-electron chi connectivity index (χ3n) is 5.21. The van der Waals surface area contributed by atoms with Crippen molar-refractivity contribution in [2.75, 3.05) is 19.3 Å². The molecule has 1 aromatic heterocycles. The van der Waals surface area contributed by atoms with Crippen molar-refractivity contribution in [3.63, 3.8) is 0 Å². The Hall–Kier alpha value is -2.13. The van der Waals surface area contributed by atoms with Crippen LogP contribution in [-0.2, 0) is 36.6 Å². The monoisotopic (exact) mass is 439 g/mol. The van der Waals surface area contributed by atoms with Gasteiger partial charge in [0, 0.05) is 25.8 Å². The summed E-state index contributed by atoms with van der Waals surface area (Å²) in [5.41, 5.74) is 0.890. The van der Waals surface area contributed by atoms with Crippen LogP contribution >= 0.6 is 0 Å². The number of nitrogens with zero attached hydrogens (tertiary/aromatic N) is 1. The molecule has 0 aliphatic carbocycles. The van der Waals surface area contributed by atoms with Crippen LogP contribution in [0.15, 0.2) is 52.0 Å². The van der Waals surface area contributed by atoms with E-state index in [4.69, 9.17) is 4.42 Å². The molecule has 1 aliphatic heterocycles. The third kappa shape index (κ3) is 5.70. The predicted molar refractivity (Wildman–Crippen MR) is 109 cm³/mol. The lowest BCUT2D eigenvalue weighted by molar-refractivity contribution is -0.132. The third-order valence-corrected chi connectivity index (χ3v) is 8.51. The Morgan fingerprint density at radius 1 is 1.07 bits per heavy atom. The molecule has 1 aliphatic rings. The van der Waals surface area contributed by atoms with E-state index in [1.807, 2.05) is 0 Å². The number of hydrogen-bond donors (Lipinski definition) is 0. The summed E-state index contributed by atoms with van der Waals surface area (Å²) >= 11 is 0. The molecule has 0 saturated carbocycles. The number of piperidine rings is 1. The van der Waals surface area contributed by atoms with Gasteiger partial charge in [-0.2, -0.15) is 0 Å². The highest BCUT2D eigenvalue weighted by Gasteiger charge is 2.32. The van der Waals surface area contributed by atoms with Gasteiger partial charge in [0.2, 0.25) is 5.91 Å². The van der Waals surface area contributed by atoms with Crippen LogP contribution in [0.3, 0.4) is 0 Å². The molecule has 2 heterocycles. The minimum absolute atomic E-state index is 0.0147. The lowest BCUT2D eigenvalue weighted by Crippen LogP contribution is -2.42. The summed E-state index contributed by atoms with van der Waals surface area (Å²) in [6.07, 6.45) is 4.29. The molecule has 2 aromatic rings. The van der Waals surface area contributed by atoms with E-state index in [2.05, 4.69) is 0 Å². The quantitative estimate of drug-likeness (QED) is 0.656. The van der Waals surface area contributed by atoms with Crippen LogP contribution < -0.4 is 0 Å². The number of amides is 1. The molecule has 0 unspecified atom stereocenters. The highest BCUT2D eigenvalue weighted by Crippen LogP contribution is 2.22. The number of carbonyl (C=O) groups is 1. The highest BCUT2D eigenvalue weighted by atomic mass is 32.2. The summed E-state index contributed by atoms with van der Waals surface area (Å²) in [5, 5.41) is -0.458. The minimum Gasteiger partial charge on any atom is -0.468 e. The number of hydrogen-bond acceptors (Lipinski definition) is 6. The molecule has 0 radical (unpaired) electrons. The van der Waals surface area contributed by atoms with Gasteiger partial charge in [0.15, 0.2) is 19.7 Å².